The molecule has 1 atom stereocenters. The summed E-state index contributed by atoms with van der Waals surface area (Å²) in [6, 6.07) is 32.8. The Balaban J connectivity index is 1.35. The first-order valence-corrected chi connectivity index (χ1v) is 16.1. The Morgan fingerprint density at radius 3 is 2.16 bits per heavy atom. The molecule has 0 fully saturated rings. The number of hydrogen-bond acceptors (Lipinski definition) is 3. The molecule has 0 saturated carbocycles. The lowest BCUT2D eigenvalue weighted by molar-refractivity contribution is -0.119. The van der Waals surface area contributed by atoms with E-state index in [2.05, 4.69) is 92.0 Å². The standard InChI is InChI=1S/C40H46FNO2/c1-30-28-32-23-27-42-39(2,37(32)29-38(30)44-3)24-11-26-40(33-12-6-4-7-13-33,34-14-8-5-9-15-34)25-10-16-36(43)22-19-31-17-20-35(41)21-18-31/h4-9,12-15,17-18,20-21,28-29,42H,10-11,16,19,22-27H2,1-3H3. The SMILES string of the molecule is COc1cc2c(cc1C)CCNC2(C)CCCC(CCCC(=O)CCc1ccc(F)cc1)(c1ccccc1)c1ccccc1. The molecular weight excluding hydrogens is 545 g/mol. The molecule has 1 aliphatic rings. The molecule has 4 heteroatoms. The predicted octanol–water partition coefficient (Wildman–Crippen LogP) is 9.03. The quantitative estimate of drug-likeness (QED) is 0.159. The lowest BCUT2D eigenvalue weighted by Gasteiger charge is -2.40. The number of aryl methyl sites for hydroxylation is 2. The van der Waals surface area contributed by atoms with Crippen LogP contribution in [0.3, 0.4) is 0 Å². The van der Waals surface area contributed by atoms with Crippen molar-refractivity contribution in [1.82, 2.24) is 5.32 Å². The first-order valence-electron chi connectivity index (χ1n) is 16.1. The van der Waals surface area contributed by atoms with Crippen molar-refractivity contribution in [3.8, 4) is 5.75 Å². The molecule has 0 saturated heterocycles. The van der Waals surface area contributed by atoms with Gasteiger partial charge in [-0.2, -0.15) is 0 Å². The van der Waals surface area contributed by atoms with E-state index in [1.54, 1.807) is 19.2 Å². The van der Waals surface area contributed by atoms with Gasteiger partial charge in [-0.1, -0.05) is 85.3 Å². The second kappa shape index (κ2) is 14.3. The number of rotatable bonds is 14. The predicted molar refractivity (Wildman–Crippen MR) is 178 cm³/mol. The number of halogens is 1. The number of Topliss-reactive ketones (excluding diaryl/α,β-unsaturated/α-hetero) is 1. The number of benzene rings is 4. The highest BCUT2D eigenvalue weighted by molar-refractivity contribution is 5.78. The fraction of sp³-hybridized carbons (Fsp3) is 0.375. The smallest absolute Gasteiger partial charge is 0.133 e. The van der Waals surface area contributed by atoms with Crippen molar-refractivity contribution in [1.29, 1.82) is 0 Å². The fourth-order valence-corrected chi connectivity index (χ4v) is 7.25. The number of ether oxygens (including phenoxy) is 1. The van der Waals surface area contributed by atoms with Gasteiger partial charge in [0.15, 0.2) is 0 Å². The zero-order valence-corrected chi connectivity index (χ0v) is 26.5. The minimum atomic E-state index is -0.245. The summed E-state index contributed by atoms with van der Waals surface area (Å²) in [5, 5.41) is 3.86. The molecule has 0 aliphatic carbocycles. The number of methoxy groups -OCH3 is 1. The van der Waals surface area contributed by atoms with Gasteiger partial charge in [-0.15, -0.1) is 0 Å². The van der Waals surface area contributed by atoms with Crippen LogP contribution in [0.2, 0.25) is 0 Å². The van der Waals surface area contributed by atoms with Crippen LogP contribution >= 0.6 is 0 Å². The summed E-state index contributed by atoms with van der Waals surface area (Å²) in [4.78, 5) is 13.0. The van der Waals surface area contributed by atoms with Crippen LogP contribution in [0.25, 0.3) is 0 Å². The Labute approximate surface area is 262 Å². The summed E-state index contributed by atoms with van der Waals surface area (Å²) in [5.41, 5.74) is 7.25. The van der Waals surface area contributed by atoms with Gasteiger partial charge in [-0.25, -0.2) is 4.39 Å². The molecule has 1 aliphatic heterocycles. The molecule has 3 nitrogen and oxygen atoms in total. The maximum Gasteiger partial charge on any atom is 0.133 e. The third kappa shape index (κ3) is 7.30. The van der Waals surface area contributed by atoms with Crippen molar-refractivity contribution in [3.63, 3.8) is 0 Å². The summed E-state index contributed by atoms with van der Waals surface area (Å²) in [6.45, 7) is 5.43. The maximum absolute atomic E-state index is 13.3. The average Bonchev–Trinajstić information content (AvgIpc) is 3.04. The lowest BCUT2D eigenvalue weighted by atomic mass is 9.67. The van der Waals surface area contributed by atoms with E-state index in [9.17, 15) is 9.18 Å². The topological polar surface area (TPSA) is 38.3 Å². The molecule has 5 rings (SSSR count). The highest BCUT2D eigenvalue weighted by atomic mass is 19.1. The first kappa shape index (κ1) is 31.7. The van der Waals surface area contributed by atoms with Crippen molar-refractivity contribution in [2.45, 2.75) is 82.6 Å². The molecule has 4 aromatic rings. The number of carbonyl (C=O) groups excluding carboxylic acids is 1. The van der Waals surface area contributed by atoms with Crippen LogP contribution < -0.4 is 10.1 Å². The average molecular weight is 592 g/mol. The number of carbonyl (C=O) groups is 1. The number of ketones is 1. The highest BCUT2D eigenvalue weighted by Crippen LogP contribution is 2.44. The lowest BCUT2D eigenvalue weighted by Crippen LogP contribution is -2.45. The third-order valence-corrected chi connectivity index (χ3v) is 9.72. The van der Waals surface area contributed by atoms with Gasteiger partial charge in [0.1, 0.15) is 17.3 Å². The Kier molecular flexibility index (Phi) is 10.3. The first-order chi connectivity index (χ1) is 21.3. The van der Waals surface area contributed by atoms with Gasteiger partial charge >= 0.3 is 0 Å². The van der Waals surface area contributed by atoms with Crippen LogP contribution in [0.1, 0.15) is 85.3 Å². The Morgan fingerprint density at radius 2 is 1.52 bits per heavy atom. The molecule has 0 bridgehead atoms. The van der Waals surface area contributed by atoms with Gasteiger partial charge in [0.05, 0.1) is 7.11 Å². The molecule has 0 aromatic heterocycles. The van der Waals surface area contributed by atoms with Crippen LogP contribution in [0.5, 0.6) is 5.75 Å². The summed E-state index contributed by atoms with van der Waals surface area (Å²) < 4.78 is 19.0. The van der Waals surface area contributed by atoms with E-state index in [1.165, 1.54) is 39.9 Å². The molecule has 44 heavy (non-hydrogen) atoms. The van der Waals surface area contributed by atoms with Crippen molar-refractivity contribution in [3.05, 3.63) is 136 Å². The summed E-state index contributed by atoms with van der Waals surface area (Å²) in [5.74, 6) is 0.973. The van der Waals surface area contributed by atoms with Crippen molar-refractivity contribution in [2.24, 2.45) is 0 Å². The van der Waals surface area contributed by atoms with Crippen LogP contribution in [-0.4, -0.2) is 19.4 Å². The van der Waals surface area contributed by atoms with Crippen molar-refractivity contribution >= 4 is 5.78 Å². The minimum Gasteiger partial charge on any atom is -0.496 e. The molecule has 1 heterocycles. The van der Waals surface area contributed by atoms with Gasteiger partial charge in [0, 0.05) is 23.8 Å². The Bertz CT molecular complexity index is 1480. The molecule has 1 unspecified atom stereocenters. The van der Waals surface area contributed by atoms with Gasteiger partial charge in [-0.3, -0.25) is 4.79 Å². The van der Waals surface area contributed by atoms with E-state index in [4.69, 9.17) is 4.74 Å². The van der Waals surface area contributed by atoms with E-state index in [-0.39, 0.29) is 22.6 Å². The molecule has 0 radical (unpaired) electrons. The third-order valence-electron chi connectivity index (χ3n) is 9.72. The highest BCUT2D eigenvalue weighted by Gasteiger charge is 2.37. The van der Waals surface area contributed by atoms with Gasteiger partial charge in [0.25, 0.3) is 0 Å². The van der Waals surface area contributed by atoms with Crippen molar-refractivity contribution < 1.29 is 13.9 Å². The van der Waals surface area contributed by atoms with Crippen LogP contribution in [0.15, 0.2) is 97.1 Å². The van der Waals surface area contributed by atoms with E-state index < -0.39 is 0 Å². The Morgan fingerprint density at radius 1 is 0.886 bits per heavy atom. The van der Waals surface area contributed by atoms with Crippen molar-refractivity contribution in [2.75, 3.05) is 13.7 Å². The second-order valence-electron chi connectivity index (χ2n) is 12.7. The second-order valence-corrected chi connectivity index (χ2v) is 12.7. The molecule has 0 spiro atoms. The van der Waals surface area contributed by atoms with Crippen LogP contribution in [-0.2, 0) is 28.6 Å². The molecule has 230 valence electrons. The van der Waals surface area contributed by atoms with E-state index in [1.807, 2.05) is 0 Å². The largest absolute Gasteiger partial charge is 0.496 e. The monoisotopic (exact) mass is 591 g/mol. The number of hydrogen-bond donors (Lipinski definition) is 1. The zero-order valence-electron chi connectivity index (χ0n) is 26.5. The minimum absolute atomic E-state index is 0.135. The molecule has 0 amide bonds. The fourth-order valence-electron chi connectivity index (χ4n) is 7.25. The van der Waals surface area contributed by atoms with Gasteiger partial charge < -0.3 is 10.1 Å². The number of nitrogens with one attached hydrogen (secondary N) is 1. The maximum atomic E-state index is 13.3. The number of fused-ring (bicyclic) bond motifs is 1. The molecular formula is C40H46FNO2. The van der Waals surface area contributed by atoms with Crippen LogP contribution in [0.4, 0.5) is 4.39 Å². The normalized spacial score (nSPS) is 16.4. The summed E-state index contributed by atoms with van der Waals surface area (Å²) >= 11 is 0. The summed E-state index contributed by atoms with van der Waals surface area (Å²) in [7, 11) is 1.75. The zero-order chi connectivity index (χ0) is 31.0. The van der Waals surface area contributed by atoms with Crippen LogP contribution in [0, 0.1) is 12.7 Å². The van der Waals surface area contributed by atoms with E-state index >= 15 is 0 Å². The van der Waals surface area contributed by atoms with E-state index in [0.29, 0.717) is 19.3 Å². The Hall–Kier alpha value is -3.76. The molecule has 4 aromatic carbocycles. The molecule has 1 N–H and O–H groups in total. The van der Waals surface area contributed by atoms with E-state index in [0.717, 1.165) is 56.4 Å². The summed E-state index contributed by atoms with van der Waals surface area (Å²) in [6.07, 6.45) is 7.46. The van der Waals surface area contributed by atoms with Gasteiger partial charge in [0.2, 0.25) is 0 Å². The van der Waals surface area contributed by atoms with Gasteiger partial charge in [-0.05, 0) is 110 Å².